The molecule has 1 heterocycles. The van der Waals surface area contributed by atoms with E-state index in [0.717, 1.165) is 19.3 Å². The molecule has 6 heteroatoms. The molecule has 0 bridgehead atoms. The van der Waals surface area contributed by atoms with Gasteiger partial charge in [0.1, 0.15) is 13.2 Å². The lowest BCUT2D eigenvalue weighted by atomic mass is 9.92. The van der Waals surface area contributed by atoms with E-state index in [9.17, 15) is 19.8 Å². The van der Waals surface area contributed by atoms with E-state index in [4.69, 9.17) is 9.47 Å². The molecule has 1 aliphatic heterocycles. The first kappa shape index (κ1) is 70.6. The minimum atomic E-state index is -1.12. The predicted molar refractivity (Wildman–Crippen MR) is 320 cm³/mol. The molecule has 6 nitrogen and oxygen atoms in total. The van der Waals surface area contributed by atoms with Gasteiger partial charge in [-0.2, -0.15) is 0 Å². The van der Waals surface area contributed by atoms with Crippen LogP contribution in [0.15, 0.2) is 12.2 Å². The Morgan fingerprint density at radius 3 is 0.838 bits per heavy atom. The Bertz CT molecular complexity index is 1160. The SMILES string of the molecule is CCCCCCCCCCCCCC/C=C/CCCCCCCCCCCCCCCCCCCCCCCCCCCCCCCCCCCCCCCCCCCC1CC(=O)OCC(CO)(CO)COC1=O. The summed E-state index contributed by atoms with van der Waals surface area (Å²) in [6, 6.07) is 0. The molecule has 1 rings (SSSR count). The molecule has 0 spiro atoms. The number of aliphatic hydroxyl groups is 2. The smallest absolute Gasteiger partial charge is 0.309 e. The average Bonchev–Trinajstić information content (AvgIpc) is 3.47. The Labute approximate surface area is 462 Å². The highest BCUT2D eigenvalue weighted by atomic mass is 16.6. The van der Waals surface area contributed by atoms with Crippen molar-refractivity contribution in [1.29, 1.82) is 0 Å². The van der Waals surface area contributed by atoms with Crippen molar-refractivity contribution in [3.63, 3.8) is 0 Å². The van der Waals surface area contributed by atoms with Gasteiger partial charge in [0.15, 0.2) is 0 Å². The van der Waals surface area contributed by atoms with Crippen molar-refractivity contribution < 1.29 is 29.3 Å². The molecule has 438 valence electrons. The fourth-order valence-corrected chi connectivity index (χ4v) is 11.3. The van der Waals surface area contributed by atoms with Gasteiger partial charge in [0.25, 0.3) is 0 Å². The Morgan fingerprint density at radius 1 is 0.351 bits per heavy atom. The minimum absolute atomic E-state index is 0.00513. The summed E-state index contributed by atoms with van der Waals surface area (Å²) in [5.74, 6) is -1.40. The first-order valence-electron chi connectivity index (χ1n) is 33.8. The van der Waals surface area contributed by atoms with Crippen LogP contribution in [0.3, 0.4) is 0 Å². The van der Waals surface area contributed by atoms with Gasteiger partial charge in [-0.15, -0.1) is 0 Å². The molecule has 1 aliphatic rings. The number of unbranched alkanes of at least 4 members (excludes halogenated alkanes) is 53. The zero-order valence-corrected chi connectivity index (χ0v) is 49.9. The third-order valence-electron chi connectivity index (χ3n) is 16.8. The van der Waals surface area contributed by atoms with E-state index < -0.39 is 36.5 Å². The number of esters is 2. The normalized spacial score (nSPS) is 15.1. The van der Waals surface area contributed by atoms with Gasteiger partial charge in [-0.3, -0.25) is 9.59 Å². The summed E-state index contributed by atoms with van der Waals surface area (Å²) in [5, 5.41) is 19.2. The molecule has 2 N–H and O–H groups in total. The number of aliphatic hydroxyl groups excluding tert-OH is 2. The zero-order chi connectivity index (χ0) is 53.2. The maximum atomic E-state index is 12.6. The van der Waals surface area contributed by atoms with E-state index in [1.807, 2.05) is 0 Å². The molecule has 1 unspecified atom stereocenters. The number of hydrogen-bond acceptors (Lipinski definition) is 6. The lowest BCUT2D eigenvalue weighted by molar-refractivity contribution is -0.155. The lowest BCUT2D eigenvalue weighted by Gasteiger charge is -2.27. The Kier molecular flexibility index (Phi) is 55.1. The van der Waals surface area contributed by atoms with E-state index in [0.29, 0.717) is 6.42 Å². The summed E-state index contributed by atoms with van der Waals surface area (Å²) < 4.78 is 10.6. The molecule has 0 amide bonds. The van der Waals surface area contributed by atoms with Crippen LogP contribution in [-0.4, -0.2) is 48.6 Å². The molecule has 74 heavy (non-hydrogen) atoms. The van der Waals surface area contributed by atoms with Crippen molar-refractivity contribution in [2.24, 2.45) is 11.3 Å². The molecule has 0 aromatic rings. The maximum absolute atomic E-state index is 12.6. The summed E-state index contributed by atoms with van der Waals surface area (Å²) in [7, 11) is 0. The van der Waals surface area contributed by atoms with Gasteiger partial charge >= 0.3 is 11.9 Å². The highest BCUT2D eigenvalue weighted by Gasteiger charge is 2.36. The molecule has 0 aliphatic carbocycles. The van der Waals surface area contributed by atoms with Gasteiger partial charge in [-0.25, -0.2) is 0 Å². The van der Waals surface area contributed by atoms with Crippen molar-refractivity contribution >= 4 is 11.9 Å². The zero-order valence-electron chi connectivity index (χ0n) is 49.9. The van der Waals surface area contributed by atoms with Gasteiger partial charge < -0.3 is 19.7 Å². The Balaban J connectivity index is 1.67. The second-order valence-corrected chi connectivity index (χ2v) is 24.2. The van der Waals surface area contributed by atoms with E-state index in [1.165, 1.54) is 334 Å². The van der Waals surface area contributed by atoms with Crippen LogP contribution in [0.25, 0.3) is 0 Å². The van der Waals surface area contributed by atoms with E-state index in [-0.39, 0.29) is 19.6 Å². The summed E-state index contributed by atoms with van der Waals surface area (Å²) in [6.07, 6.45) is 83.1. The molecule has 1 atom stereocenters. The van der Waals surface area contributed by atoms with Gasteiger partial charge in [0.2, 0.25) is 0 Å². The molecule has 0 saturated carbocycles. The van der Waals surface area contributed by atoms with Crippen LogP contribution in [0, 0.1) is 11.3 Å². The molecule has 1 saturated heterocycles. The van der Waals surface area contributed by atoms with Gasteiger partial charge in [-0.05, 0) is 32.1 Å². The molecule has 0 aromatic carbocycles. The van der Waals surface area contributed by atoms with Crippen LogP contribution in [-0.2, 0) is 19.1 Å². The van der Waals surface area contributed by atoms with Crippen molar-refractivity contribution in [1.82, 2.24) is 0 Å². The largest absolute Gasteiger partial charge is 0.465 e. The van der Waals surface area contributed by atoms with Crippen molar-refractivity contribution in [3.8, 4) is 0 Å². The van der Waals surface area contributed by atoms with Crippen molar-refractivity contribution in [2.45, 2.75) is 373 Å². The highest BCUT2D eigenvalue weighted by molar-refractivity contribution is 5.80. The second kappa shape index (κ2) is 57.8. The van der Waals surface area contributed by atoms with Gasteiger partial charge in [0, 0.05) is 0 Å². The first-order valence-corrected chi connectivity index (χ1v) is 33.8. The number of ether oxygens (including phenoxy) is 2. The second-order valence-electron chi connectivity index (χ2n) is 24.2. The minimum Gasteiger partial charge on any atom is -0.465 e. The van der Waals surface area contributed by atoms with Crippen LogP contribution in [0.2, 0.25) is 0 Å². The molecular weight excluding hydrogens is 913 g/mol. The lowest BCUT2D eigenvalue weighted by Crippen LogP contribution is -2.40. The van der Waals surface area contributed by atoms with E-state index in [1.54, 1.807) is 0 Å². The van der Waals surface area contributed by atoms with Gasteiger partial charge in [0.05, 0.1) is 31.0 Å². The maximum Gasteiger partial charge on any atom is 0.309 e. The van der Waals surface area contributed by atoms with Crippen LogP contribution < -0.4 is 0 Å². The van der Waals surface area contributed by atoms with Crippen molar-refractivity contribution in [3.05, 3.63) is 12.2 Å². The number of carbonyl (C=O) groups excluding carboxylic acids is 2. The molecule has 1 fully saturated rings. The predicted octanol–water partition coefficient (Wildman–Crippen LogP) is 21.5. The summed E-state index contributed by atoms with van der Waals surface area (Å²) in [5.41, 5.74) is -1.12. The molecular formula is C68H130O6. The summed E-state index contributed by atoms with van der Waals surface area (Å²) in [6.45, 7) is 1.21. The number of hydrogen-bond donors (Lipinski definition) is 2. The van der Waals surface area contributed by atoms with Gasteiger partial charge in [-0.1, -0.05) is 347 Å². The highest BCUT2D eigenvalue weighted by Crippen LogP contribution is 2.25. The fourth-order valence-electron chi connectivity index (χ4n) is 11.3. The average molecular weight is 1040 g/mol. The summed E-state index contributed by atoms with van der Waals surface area (Å²) >= 11 is 0. The van der Waals surface area contributed by atoms with Crippen LogP contribution in [0.4, 0.5) is 0 Å². The molecule has 0 radical (unpaired) electrons. The van der Waals surface area contributed by atoms with Crippen LogP contribution in [0.5, 0.6) is 0 Å². The third-order valence-corrected chi connectivity index (χ3v) is 16.8. The standard InChI is InChI=1S/C68H130O6/c1-2-3-4-5-6-7-8-9-10-11-12-13-14-15-16-17-18-19-20-21-22-23-24-25-26-27-28-29-30-31-32-33-34-35-36-37-38-39-40-41-42-43-44-45-46-47-48-49-50-51-52-53-54-55-56-57-58-59-65-60-66(71)73-63-68(61-69,62-70)64-74-67(65)72/h15-16,65,69-70H,2-14,17-64H2,1H3/b16-15+. The van der Waals surface area contributed by atoms with Crippen LogP contribution in [0.1, 0.15) is 373 Å². The fraction of sp³-hybridized carbons (Fsp3) is 0.941. The quantitative estimate of drug-likeness (QED) is 0.0358. The topological polar surface area (TPSA) is 93.1 Å². The summed E-state index contributed by atoms with van der Waals surface area (Å²) in [4.78, 5) is 24.8. The third kappa shape index (κ3) is 48.9. The van der Waals surface area contributed by atoms with E-state index >= 15 is 0 Å². The Morgan fingerprint density at radius 2 is 0.581 bits per heavy atom. The number of rotatable bonds is 59. The Hall–Kier alpha value is -1.40. The van der Waals surface area contributed by atoms with Crippen LogP contribution >= 0.6 is 0 Å². The number of allylic oxidation sites excluding steroid dienone is 2. The van der Waals surface area contributed by atoms with Crippen molar-refractivity contribution in [2.75, 3.05) is 26.4 Å². The monoisotopic (exact) mass is 1040 g/mol. The first-order chi connectivity index (χ1) is 36.6. The number of cyclic esters (lactones) is 2. The molecule has 0 aromatic heterocycles. The number of carbonyl (C=O) groups is 2. The van der Waals surface area contributed by atoms with E-state index in [2.05, 4.69) is 19.1 Å².